The molecule has 4 heteroatoms. The molecule has 3 nitrogen and oxygen atoms in total. The van der Waals surface area contributed by atoms with Crippen LogP contribution in [0.2, 0.25) is 18.1 Å². The molecule has 0 aliphatic rings. The monoisotopic (exact) mass is 414 g/mol. The third-order valence-electron chi connectivity index (χ3n) is 6.31. The minimum atomic E-state index is -1.68. The standard InChI is InChI=1S/C24H50O3Si/c1-7-8-9-16-19-22(27-28(5,6)24(2,3)4)20-17-14-12-10-11-13-15-18-21-23(25)26/h22H,7-21H2,1-6H3,(H,25,26). The second-order valence-corrected chi connectivity index (χ2v) is 14.9. The Morgan fingerprint density at radius 2 is 1.25 bits per heavy atom. The molecule has 0 aliphatic heterocycles. The topological polar surface area (TPSA) is 46.5 Å². The average molecular weight is 415 g/mol. The van der Waals surface area contributed by atoms with Crippen molar-refractivity contribution >= 4 is 14.3 Å². The van der Waals surface area contributed by atoms with E-state index < -0.39 is 14.3 Å². The SMILES string of the molecule is CCCCCCC(CCCCCCCCCCC(=O)O)O[Si](C)(C)C(C)(C)C. The zero-order chi connectivity index (χ0) is 21.5. The summed E-state index contributed by atoms with van der Waals surface area (Å²) in [5, 5.41) is 8.93. The molecule has 0 rings (SSSR count). The average Bonchev–Trinajstić information content (AvgIpc) is 2.58. The van der Waals surface area contributed by atoms with Crippen LogP contribution in [0.25, 0.3) is 0 Å². The van der Waals surface area contributed by atoms with Gasteiger partial charge in [0.25, 0.3) is 0 Å². The molecule has 0 radical (unpaired) electrons. The van der Waals surface area contributed by atoms with Crippen molar-refractivity contribution in [3.05, 3.63) is 0 Å². The molecule has 1 N–H and O–H groups in total. The van der Waals surface area contributed by atoms with Gasteiger partial charge in [-0.2, -0.15) is 0 Å². The van der Waals surface area contributed by atoms with Gasteiger partial charge in [0.1, 0.15) is 0 Å². The van der Waals surface area contributed by atoms with Crippen molar-refractivity contribution in [1.82, 2.24) is 0 Å². The van der Waals surface area contributed by atoms with Gasteiger partial charge in [-0.1, -0.05) is 98.3 Å². The fraction of sp³-hybridized carbons (Fsp3) is 0.958. The van der Waals surface area contributed by atoms with E-state index in [-0.39, 0.29) is 5.04 Å². The zero-order valence-electron chi connectivity index (χ0n) is 19.9. The van der Waals surface area contributed by atoms with E-state index in [1.807, 2.05) is 0 Å². The highest BCUT2D eigenvalue weighted by Gasteiger charge is 2.38. The Morgan fingerprint density at radius 3 is 1.68 bits per heavy atom. The van der Waals surface area contributed by atoms with Crippen LogP contribution >= 0.6 is 0 Å². The van der Waals surface area contributed by atoms with Gasteiger partial charge in [-0.15, -0.1) is 0 Å². The van der Waals surface area contributed by atoms with E-state index >= 15 is 0 Å². The van der Waals surface area contributed by atoms with Crippen molar-refractivity contribution in [2.45, 2.75) is 148 Å². The Hall–Kier alpha value is -0.353. The molecule has 0 aromatic rings. The second-order valence-electron chi connectivity index (χ2n) is 10.1. The van der Waals surface area contributed by atoms with E-state index in [1.54, 1.807) is 0 Å². The molecule has 0 saturated carbocycles. The summed E-state index contributed by atoms with van der Waals surface area (Å²) in [6.45, 7) is 14.1. The number of carboxylic acid groups (broad SMARTS) is 1. The highest BCUT2D eigenvalue weighted by Crippen LogP contribution is 2.38. The molecule has 0 heterocycles. The van der Waals surface area contributed by atoms with Gasteiger partial charge in [0, 0.05) is 12.5 Å². The molecule has 0 aromatic carbocycles. The van der Waals surface area contributed by atoms with Crippen molar-refractivity contribution < 1.29 is 14.3 Å². The molecule has 0 amide bonds. The van der Waals surface area contributed by atoms with Gasteiger partial charge in [0.2, 0.25) is 0 Å². The number of carboxylic acids is 1. The minimum absolute atomic E-state index is 0.287. The lowest BCUT2D eigenvalue weighted by atomic mass is 10.0. The predicted molar refractivity (Wildman–Crippen MR) is 125 cm³/mol. The number of unbranched alkanes of at least 4 members (excludes halogenated alkanes) is 10. The lowest BCUT2D eigenvalue weighted by Crippen LogP contribution is -2.44. The summed E-state index contributed by atoms with van der Waals surface area (Å²) in [4.78, 5) is 10.5. The van der Waals surface area contributed by atoms with Gasteiger partial charge in [-0.3, -0.25) is 4.79 Å². The Balaban J connectivity index is 4.05. The van der Waals surface area contributed by atoms with Crippen LogP contribution in [0, 0.1) is 0 Å². The molecule has 1 unspecified atom stereocenters. The Morgan fingerprint density at radius 1 is 0.821 bits per heavy atom. The van der Waals surface area contributed by atoms with E-state index in [9.17, 15) is 4.79 Å². The normalized spacial score (nSPS) is 13.6. The molecule has 0 fully saturated rings. The van der Waals surface area contributed by atoms with Crippen LogP contribution in [-0.2, 0) is 9.22 Å². The molecule has 0 aliphatic carbocycles. The van der Waals surface area contributed by atoms with Gasteiger partial charge in [-0.05, 0) is 37.4 Å². The van der Waals surface area contributed by atoms with Gasteiger partial charge in [0.05, 0.1) is 0 Å². The summed E-state index contributed by atoms with van der Waals surface area (Å²) in [5.74, 6) is -0.663. The third-order valence-corrected chi connectivity index (χ3v) is 10.8. The van der Waals surface area contributed by atoms with E-state index in [1.165, 1.54) is 77.0 Å². The summed E-state index contributed by atoms with van der Waals surface area (Å²) < 4.78 is 6.76. The van der Waals surface area contributed by atoms with Gasteiger partial charge < -0.3 is 9.53 Å². The molecule has 1 atom stereocenters. The second kappa shape index (κ2) is 15.5. The molecule has 28 heavy (non-hydrogen) atoms. The fourth-order valence-corrected chi connectivity index (χ4v) is 4.79. The number of rotatable bonds is 18. The van der Waals surface area contributed by atoms with Crippen molar-refractivity contribution in [3.63, 3.8) is 0 Å². The van der Waals surface area contributed by atoms with Gasteiger partial charge >= 0.3 is 5.97 Å². The fourth-order valence-electron chi connectivity index (χ4n) is 3.36. The van der Waals surface area contributed by atoms with Crippen LogP contribution in [0.1, 0.15) is 124 Å². The van der Waals surface area contributed by atoms with Crippen molar-refractivity contribution in [1.29, 1.82) is 0 Å². The maximum absolute atomic E-state index is 10.5. The van der Waals surface area contributed by atoms with Crippen molar-refractivity contribution in [2.75, 3.05) is 0 Å². The first kappa shape index (κ1) is 27.6. The van der Waals surface area contributed by atoms with Crippen LogP contribution in [0.5, 0.6) is 0 Å². The molecule has 0 aromatic heterocycles. The number of hydrogen-bond donors (Lipinski definition) is 1. The number of aliphatic carboxylic acids is 1. The maximum atomic E-state index is 10.5. The summed E-state index contributed by atoms with van der Waals surface area (Å²) >= 11 is 0. The van der Waals surface area contributed by atoms with Crippen LogP contribution < -0.4 is 0 Å². The summed E-state index contributed by atoms with van der Waals surface area (Å²) in [7, 11) is -1.68. The van der Waals surface area contributed by atoms with Crippen LogP contribution in [-0.4, -0.2) is 25.5 Å². The van der Waals surface area contributed by atoms with Gasteiger partial charge in [-0.25, -0.2) is 0 Å². The van der Waals surface area contributed by atoms with Crippen LogP contribution in [0.15, 0.2) is 0 Å². The van der Waals surface area contributed by atoms with Crippen LogP contribution in [0.4, 0.5) is 0 Å². The maximum Gasteiger partial charge on any atom is 0.303 e. The Bertz CT molecular complexity index is 388. The summed E-state index contributed by atoms with van der Waals surface area (Å²) in [5.41, 5.74) is 0. The molecule has 0 bridgehead atoms. The first-order valence-electron chi connectivity index (χ1n) is 12.0. The van der Waals surface area contributed by atoms with E-state index in [2.05, 4.69) is 40.8 Å². The third kappa shape index (κ3) is 14.6. The van der Waals surface area contributed by atoms with E-state index in [4.69, 9.17) is 9.53 Å². The summed E-state index contributed by atoms with van der Waals surface area (Å²) in [6, 6.07) is 0. The molecule has 0 saturated heterocycles. The Kier molecular flexibility index (Phi) is 15.3. The highest BCUT2D eigenvalue weighted by atomic mass is 28.4. The highest BCUT2D eigenvalue weighted by molar-refractivity contribution is 6.74. The quantitative estimate of drug-likeness (QED) is 0.181. The first-order chi connectivity index (χ1) is 13.1. The first-order valence-corrected chi connectivity index (χ1v) is 14.9. The molecular weight excluding hydrogens is 364 g/mol. The minimum Gasteiger partial charge on any atom is -0.481 e. The number of carbonyl (C=O) groups is 1. The van der Waals surface area contributed by atoms with Gasteiger partial charge in [0.15, 0.2) is 8.32 Å². The van der Waals surface area contributed by atoms with Crippen LogP contribution in [0.3, 0.4) is 0 Å². The largest absolute Gasteiger partial charge is 0.481 e. The smallest absolute Gasteiger partial charge is 0.303 e. The lowest BCUT2D eigenvalue weighted by molar-refractivity contribution is -0.137. The van der Waals surface area contributed by atoms with Crippen molar-refractivity contribution in [2.24, 2.45) is 0 Å². The predicted octanol–water partition coefficient (Wildman–Crippen LogP) is 8.33. The molecule has 0 spiro atoms. The summed E-state index contributed by atoms with van der Waals surface area (Å²) in [6.07, 6.45) is 18.0. The van der Waals surface area contributed by atoms with E-state index in [0.717, 1.165) is 12.8 Å². The lowest BCUT2D eigenvalue weighted by Gasteiger charge is -2.39. The van der Waals surface area contributed by atoms with Crippen molar-refractivity contribution in [3.8, 4) is 0 Å². The molecule has 168 valence electrons. The zero-order valence-corrected chi connectivity index (χ0v) is 20.9. The van der Waals surface area contributed by atoms with E-state index in [0.29, 0.717) is 12.5 Å². The molecular formula is C24H50O3Si. The Labute approximate surface area is 177 Å². The number of hydrogen-bond acceptors (Lipinski definition) is 2.